The van der Waals surface area contributed by atoms with Gasteiger partial charge in [0.2, 0.25) is 0 Å². The summed E-state index contributed by atoms with van der Waals surface area (Å²) < 4.78 is 1.94. The Hall–Kier alpha value is -1.68. The fourth-order valence-corrected chi connectivity index (χ4v) is 2.44. The van der Waals surface area contributed by atoms with Crippen molar-refractivity contribution in [3.05, 3.63) is 41.3 Å². The minimum atomic E-state index is 0.601. The Labute approximate surface area is 114 Å². The van der Waals surface area contributed by atoms with Crippen LogP contribution in [0.4, 0.5) is 0 Å². The number of aromatic nitrogens is 3. The van der Waals surface area contributed by atoms with Gasteiger partial charge in [-0.2, -0.15) is 5.10 Å². The summed E-state index contributed by atoms with van der Waals surface area (Å²) in [6.07, 6.45) is 2.85. The van der Waals surface area contributed by atoms with Gasteiger partial charge in [-0.05, 0) is 57.5 Å². The van der Waals surface area contributed by atoms with Crippen LogP contribution in [0.1, 0.15) is 23.9 Å². The molecule has 2 aromatic rings. The molecular formula is C15H22N4. The predicted molar refractivity (Wildman–Crippen MR) is 77.6 cm³/mol. The third kappa shape index (κ3) is 3.01. The van der Waals surface area contributed by atoms with Crippen LogP contribution in [0.5, 0.6) is 0 Å². The second-order valence-corrected chi connectivity index (χ2v) is 5.12. The molecule has 0 aromatic carbocycles. The number of rotatable bonds is 5. The summed E-state index contributed by atoms with van der Waals surface area (Å²) in [5.41, 5.74) is 3.64. The molecule has 0 aliphatic rings. The second kappa shape index (κ2) is 5.97. The molecule has 1 N–H and O–H groups in total. The summed E-state index contributed by atoms with van der Waals surface area (Å²) >= 11 is 0. The number of pyridine rings is 1. The number of nitrogens with one attached hydrogen (secondary N) is 1. The normalized spacial score (nSPS) is 12.6. The van der Waals surface area contributed by atoms with Crippen molar-refractivity contribution in [2.45, 2.75) is 27.2 Å². The zero-order valence-corrected chi connectivity index (χ0v) is 12.1. The molecule has 2 aromatic heterocycles. The van der Waals surface area contributed by atoms with E-state index in [1.54, 1.807) is 6.20 Å². The van der Waals surface area contributed by atoms with Gasteiger partial charge in [0.05, 0.1) is 5.69 Å². The van der Waals surface area contributed by atoms with E-state index in [-0.39, 0.29) is 0 Å². The first-order valence-electron chi connectivity index (χ1n) is 6.74. The van der Waals surface area contributed by atoms with Crippen molar-refractivity contribution in [1.29, 1.82) is 0 Å². The molecule has 4 heteroatoms. The predicted octanol–water partition coefficient (Wildman–Crippen LogP) is 2.28. The Morgan fingerprint density at radius 1 is 1.32 bits per heavy atom. The van der Waals surface area contributed by atoms with Crippen molar-refractivity contribution >= 4 is 0 Å². The second-order valence-electron chi connectivity index (χ2n) is 5.12. The lowest BCUT2D eigenvalue weighted by molar-refractivity contribution is 0.539. The van der Waals surface area contributed by atoms with Gasteiger partial charge in [0.1, 0.15) is 0 Å². The van der Waals surface area contributed by atoms with E-state index in [1.807, 2.05) is 29.9 Å². The first-order valence-corrected chi connectivity index (χ1v) is 6.74. The summed E-state index contributed by atoms with van der Waals surface area (Å²) in [6.45, 7) is 7.48. The van der Waals surface area contributed by atoms with E-state index in [9.17, 15) is 0 Å². The maximum Gasteiger partial charge on any atom is 0.153 e. The van der Waals surface area contributed by atoms with Gasteiger partial charge in [-0.25, -0.2) is 9.67 Å². The van der Waals surface area contributed by atoms with E-state index in [2.05, 4.69) is 36.2 Å². The van der Waals surface area contributed by atoms with Gasteiger partial charge < -0.3 is 5.32 Å². The van der Waals surface area contributed by atoms with Crippen LogP contribution in [0, 0.1) is 19.8 Å². The third-order valence-electron chi connectivity index (χ3n) is 3.41. The summed E-state index contributed by atoms with van der Waals surface area (Å²) in [7, 11) is 1.99. The monoisotopic (exact) mass is 258 g/mol. The number of hydrogen-bond donors (Lipinski definition) is 1. The van der Waals surface area contributed by atoms with Crippen molar-refractivity contribution in [1.82, 2.24) is 20.1 Å². The van der Waals surface area contributed by atoms with E-state index in [0.29, 0.717) is 5.92 Å². The first-order chi connectivity index (χ1) is 9.13. The molecule has 4 nitrogen and oxygen atoms in total. The SMILES string of the molecule is CNCC(C)Cc1c(C)nn(-c2ccccn2)c1C. The van der Waals surface area contributed by atoms with E-state index in [1.165, 1.54) is 11.3 Å². The molecule has 0 radical (unpaired) electrons. The molecule has 1 unspecified atom stereocenters. The van der Waals surface area contributed by atoms with Crippen LogP contribution in [0.15, 0.2) is 24.4 Å². The van der Waals surface area contributed by atoms with Crippen molar-refractivity contribution in [2.75, 3.05) is 13.6 Å². The standard InChI is InChI=1S/C15H22N4/c1-11(10-16-4)9-14-12(2)18-19(13(14)3)15-7-5-6-8-17-15/h5-8,11,16H,9-10H2,1-4H3. The molecule has 0 fully saturated rings. The Kier molecular flexibility index (Phi) is 4.32. The Morgan fingerprint density at radius 3 is 2.74 bits per heavy atom. The average molecular weight is 258 g/mol. The van der Waals surface area contributed by atoms with E-state index in [0.717, 1.165) is 24.5 Å². The van der Waals surface area contributed by atoms with Crippen LogP contribution in [0.25, 0.3) is 5.82 Å². The Morgan fingerprint density at radius 2 is 2.11 bits per heavy atom. The molecule has 1 atom stereocenters. The van der Waals surface area contributed by atoms with E-state index < -0.39 is 0 Å². The minimum Gasteiger partial charge on any atom is -0.319 e. The van der Waals surface area contributed by atoms with Gasteiger partial charge in [-0.1, -0.05) is 13.0 Å². The minimum absolute atomic E-state index is 0.601. The molecule has 2 heterocycles. The quantitative estimate of drug-likeness (QED) is 0.894. The molecule has 19 heavy (non-hydrogen) atoms. The van der Waals surface area contributed by atoms with Crippen molar-refractivity contribution in [3.8, 4) is 5.82 Å². The fourth-order valence-electron chi connectivity index (χ4n) is 2.44. The van der Waals surface area contributed by atoms with Gasteiger partial charge in [-0.15, -0.1) is 0 Å². The molecule has 2 rings (SSSR count). The lowest BCUT2D eigenvalue weighted by atomic mass is 10.00. The lowest BCUT2D eigenvalue weighted by Gasteiger charge is -2.11. The topological polar surface area (TPSA) is 42.7 Å². The number of hydrogen-bond acceptors (Lipinski definition) is 3. The van der Waals surface area contributed by atoms with Gasteiger partial charge in [0.25, 0.3) is 0 Å². The van der Waals surface area contributed by atoms with Crippen LogP contribution < -0.4 is 5.32 Å². The van der Waals surface area contributed by atoms with Crippen molar-refractivity contribution in [2.24, 2.45) is 5.92 Å². The fraction of sp³-hybridized carbons (Fsp3) is 0.467. The van der Waals surface area contributed by atoms with Gasteiger partial charge >= 0.3 is 0 Å². The summed E-state index contributed by atoms with van der Waals surface area (Å²) in [4.78, 5) is 4.37. The summed E-state index contributed by atoms with van der Waals surface area (Å²) in [5.74, 6) is 1.49. The Balaban J connectivity index is 2.30. The molecule has 0 aliphatic heterocycles. The van der Waals surface area contributed by atoms with E-state index >= 15 is 0 Å². The number of nitrogens with zero attached hydrogens (tertiary/aromatic N) is 3. The third-order valence-corrected chi connectivity index (χ3v) is 3.41. The molecule has 0 aliphatic carbocycles. The molecule has 0 bridgehead atoms. The average Bonchev–Trinajstić information content (AvgIpc) is 2.68. The Bertz CT molecular complexity index is 531. The molecule has 0 amide bonds. The highest BCUT2D eigenvalue weighted by Crippen LogP contribution is 2.19. The van der Waals surface area contributed by atoms with Gasteiger partial charge in [0, 0.05) is 11.9 Å². The van der Waals surface area contributed by atoms with Crippen LogP contribution in [0.2, 0.25) is 0 Å². The molecule has 102 valence electrons. The van der Waals surface area contributed by atoms with E-state index in [4.69, 9.17) is 0 Å². The summed E-state index contributed by atoms with van der Waals surface area (Å²) in [5, 5.41) is 7.85. The van der Waals surface area contributed by atoms with Gasteiger partial charge in [0.15, 0.2) is 5.82 Å². The van der Waals surface area contributed by atoms with Crippen molar-refractivity contribution in [3.63, 3.8) is 0 Å². The molecule has 0 saturated carbocycles. The zero-order valence-electron chi connectivity index (χ0n) is 12.1. The first kappa shape index (κ1) is 13.7. The van der Waals surface area contributed by atoms with Crippen LogP contribution >= 0.6 is 0 Å². The maximum absolute atomic E-state index is 4.63. The van der Waals surface area contributed by atoms with Gasteiger partial charge in [-0.3, -0.25) is 0 Å². The van der Waals surface area contributed by atoms with Crippen LogP contribution in [0.3, 0.4) is 0 Å². The maximum atomic E-state index is 4.63. The molecular weight excluding hydrogens is 236 g/mol. The van der Waals surface area contributed by atoms with Crippen LogP contribution in [-0.2, 0) is 6.42 Å². The molecule has 0 saturated heterocycles. The largest absolute Gasteiger partial charge is 0.319 e. The lowest BCUT2D eigenvalue weighted by Crippen LogP contribution is -2.18. The number of aryl methyl sites for hydroxylation is 1. The highest BCUT2D eigenvalue weighted by atomic mass is 15.3. The highest BCUT2D eigenvalue weighted by Gasteiger charge is 2.15. The van der Waals surface area contributed by atoms with Crippen molar-refractivity contribution < 1.29 is 0 Å². The molecule has 0 spiro atoms. The van der Waals surface area contributed by atoms with Crippen LogP contribution in [-0.4, -0.2) is 28.4 Å². The smallest absolute Gasteiger partial charge is 0.153 e. The highest BCUT2D eigenvalue weighted by molar-refractivity contribution is 5.32. The zero-order chi connectivity index (χ0) is 13.8. The summed E-state index contributed by atoms with van der Waals surface area (Å²) in [6, 6.07) is 5.90.